The largest absolute Gasteiger partial charge is 0.315 e. The van der Waals surface area contributed by atoms with E-state index in [0.717, 1.165) is 12.1 Å². The van der Waals surface area contributed by atoms with Crippen molar-refractivity contribution in [3.8, 4) is 11.1 Å². The first-order valence-corrected chi connectivity index (χ1v) is 7.05. The number of nitrogens with zero attached hydrogens (tertiary/aromatic N) is 1. The molecule has 0 fully saturated rings. The van der Waals surface area contributed by atoms with Crippen molar-refractivity contribution in [1.82, 2.24) is 0 Å². The molecule has 0 saturated carbocycles. The second-order valence-electron chi connectivity index (χ2n) is 5.63. The molecule has 0 aliphatic carbocycles. The van der Waals surface area contributed by atoms with E-state index in [1.54, 1.807) is 0 Å². The first-order chi connectivity index (χ1) is 9.59. The highest BCUT2D eigenvalue weighted by molar-refractivity contribution is 6.00. The zero-order valence-electron chi connectivity index (χ0n) is 12.2. The predicted octanol–water partition coefficient (Wildman–Crippen LogP) is 3.82. The second kappa shape index (κ2) is 4.78. The lowest BCUT2D eigenvalue weighted by atomic mass is 9.87. The van der Waals surface area contributed by atoms with Crippen molar-refractivity contribution in [1.29, 1.82) is 0 Å². The highest BCUT2D eigenvalue weighted by Crippen LogP contribution is 2.38. The van der Waals surface area contributed by atoms with Crippen molar-refractivity contribution in [3.63, 3.8) is 0 Å². The monoisotopic (exact) mass is 265 g/mol. The van der Waals surface area contributed by atoms with Gasteiger partial charge >= 0.3 is 0 Å². The Morgan fingerprint density at radius 3 is 2.65 bits per heavy atom. The fourth-order valence-corrected chi connectivity index (χ4v) is 3.09. The van der Waals surface area contributed by atoms with Crippen LogP contribution in [0.2, 0.25) is 0 Å². The highest BCUT2D eigenvalue weighted by atomic mass is 16.2. The van der Waals surface area contributed by atoms with Crippen LogP contribution in [0.25, 0.3) is 11.1 Å². The number of carbonyl (C=O) groups excluding carboxylic acids is 1. The van der Waals surface area contributed by atoms with E-state index >= 15 is 0 Å². The lowest BCUT2D eigenvalue weighted by Crippen LogP contribution is -2.34. The molecule has 1 aliphatic rings. The van der Waals surface area contributed by atoms with Gasteiger partial charge in [-0.3, -0.25) is 4.79 Å². The van der Waals surface area contributed by atoms with Gasteiger partial charge in [0.15, 0.2) is 0 Å². The first-order valence-electron chi connectivity index (χ1n) is 7.05. The summed E-state index contributed by atoms with van der Waals surface area (Å²) >= 11 is 0. The van der Waals surface area contributed by atoms with E-state index in [0.29, 0.717) is 0 Å². The number of carbonyl (C=O) groups is 1. The van der Waals surface area contributed by atoms with Gasteiger partial charge in [0.1, 0.15) is 0 Å². The summed E-state index contributed by atoms with van der Waals surface area (Å²) in [6, 6.07) is 14.6. The molecular weight excluding hydrogens is 246 g/mol. The topological polar surface area (TPSA) is 20.3 Å². The molecule has 0 saturated heterocycles. The SMILES string of the molecule is Cc1cccc2c1-c1ccccc1C[C@@H](C)C(=O)N2C. The minimum atomic E-state index is 0.00909. The molecule has 0 unspecified atom stereocenters. The molecule has 2 aromatic rings. The molecule has 102 valence electrons. The van der Waals surface area contributed by atoms with Crippen LogP contribution < -0.4 is 4.90 Å². The minimum absolute atomic E-state index is 0.00909. The Morgan fingerprint density at radius 1 is 1.10 bits per heavy atom. The maximum Gasteiger partial charge on any atom is 0.229 e. The van der Waals surface area contributed by atoms with Crippen LogP contribution in [0.4, 0.5) is 5.69 Å². The fraction of sp³-hybridized carbons (Fsp3) is 0.278. The lowest BCUT2D eigenvalue weighted by Gasteiger charge is -2.29. The summed E-state index contributed by atoms with van der Waals surface area (Å²) in [4.78, 5) is 14.3. The number of anilines is 1. The maximum atomic E-state index is 12.5. The molecule has 0 aromatic heterocycles. The molecule has 2 nitrogen and oxygen atoms in total. The lowest BCUT2D eigenvalue weighted by molar-refractivity contribution is -0.121. The number of aryl methyl sites for hydroxylation is 1. The Morgan fingerprint density at radius 2 is 1.85 bits per heavy atom. The molecule has 0 radical (unpaired) electrons. The summed E-state index contributed by atoms with van der Waals surface area (Å²) in [6.07, 6.45) is 0.799. The van der Waals surface area contributed by atoms with E-state index in [4.69, 9.17) is 0 Å². The van der Waals surface area contributed by atoms with Crippen molar-refractivity contribution in [3.05, 3.63) is 53.6 Å². The van der Waals surface area contributed by atoms with Crippen molar-refractivity contribution in [2.75, 3.05) is 11.9 Å². The standard InChI is InChI=1S/C18H19NO/c1-12-7-6-10-16-17(12)15-9-5-4-8-14(15)11-13(2)18(20)19(16)3/h4-10,13H,11H2,1-3H3/t13-/m1/s1. The Bertz CT molecular complexity index is 675. The molecular formula is C18H19NO. The Labute approximate surface area is 120 Å². The number of hydrogen-bond donors (Lipinski definition) is 0. The normalized spacial score (nSPS) is 18.1. The summed E-state index contributed by atoms with van der Waals surface area (Å²) in [5, 5.41) is 0. The van der Waals surface area contributed by atoms with E-state index in [1.165, 1.54) is 22.3 Å². The average Bonchev–Trinajstić information content (AvgIpc) is 2.45. The summed E-state index contributed by atoms with van der Waals surface area (Å²) in [5.74, 6) is 0.196. The Balaban J connectivity index is 2.34. The zero-order valence-corrected chi connectivity index (χ0v) is 12.2. The van der Waals surface area contributed by atoms with Gasteiger partial charge in [-0.05, 0) is 36.1 Å². The van der Waals surface area contributed by atoms with Gasteiger partial charge in [-0.2, -0.15) is 0 Å². The fourth-order valence-electron chi connectivity index (χ4n) is 3.09. The number of rotatable bonds is 0. The predicted molar refractivity (Wildman–Crippen MR) is 82.9 cm³/mol. The van der Waals surface area contributed by atoms with Gasteiger partial charge in [0.25, 0.3) is 0 Å². The van der Waals surface area contributed by atoms with Crippen LogP contribution in [0.1, 0.15) is 18.1 Å². The number of benzene rings is 2. The van der Waals surface area contributed by atoms with Crippen LogP contribution in [0.15, 0.2) is 42.5 Å². The van der Waals surface area contributed by atoms with Crippen LogP contribution in [0.5, 0.6) is 0 Å². The van der Waals surface area contributed by atoms with Gasteiger partial charge < -0.3 is 4.90 Å². The van der Waals surface area contributed by atoms with Crippen LogP contribution in [-0.2, 0) is 11.2 Å². The first kappa shape index (κ1) is 12.9. The third-order valence-electron chi connectivity index (χ3n) is 4.18. The quantitative estimate of drug-likeness (QED) is 0.709. The van der Waals surface area contributed by atoms with Crippen molar-refractivity contribution < 1.29 is 4.79 Å². The van der Waals surface area contributed by atoms with Crippen LogP contribution in [-0.4, -0.2) is 13.0 Å². The van der Waals surface area contributed by atoms with E-state index < -0.39 is 0 Å². The summed E-state index contributed by atoms with van der Waals surface area (Å²) in [7, 11) is 1.88. The van der Waals surface area contributed by atoms with Gasteiger partial charge in [-0.25, -0.2) is 0 Å². The molecule has 0 N–H and O–H groups in total. The van der Waals surface area contributed by atoms with Crippen molar-refractivity contribution >= 4 is 11.6 Å². The third-order valence-corrected chi connectivity index (χ3v) is 4.18. The molecule has 3 rings (SSSR count). The van der Waals surface area contributed by atoms with Gasteiger partial charge in [0.2, 0.25) is 5.91 Å². The molecule has 1 atom stereocenters. The summed E-state index contributed by atoms with van der Waals surface area (Å²) in [5.41, 5.74) is 5.92. The summed E-state index contributed by atoms with van der Waals surface area (Å²) in [6.45, 7) is 4.12. The van der Waals surface area contributed by atoms with E-state index in [1.807, 2.05) is 31.0 Å². The number of hydrogen-bond acceptors (Lipinski definition) is 1. The number of fused-ring (bicyclic) bond motifs is 3. The molecule has 2 heteroatoms. The van der Waals surface area contributed by atoms with Crippen LogP contribution in [0, 0.1) is 12.8 Å². The van der Waals surface area contributed by atoms with E-state index in [2.05, 4.69) is 37.3 Å². The molecule has 1 aliphatic heterocycles. The molecule has 0 bridgehead atoms. The molecule has 20 heavy (non-hydrogen) atoms. The van der Waals surface area contributed by atoms with Gasteiger partial charge in [-0.15, -0.1) is 0 Å². The third kappa shape index (κ3) is 1.92. The number of amides is 1. The maximum absolute atomic E-state index is 12.5. The van der Waals surface area contributed by atoms with Gasteiger partial charge in [0, 0.05) is 18.5 Å². The highest BCUT2D eigenvalue weighted by Gasteiger charge is 2.26. The van der Waals surface area contributed by atoms with E-state index in [9.17, 15) is 4.79 Å². The van der Waals surface area contributed by atoms with Crippen molar-refractivity contribution in [2.45, 2.75) is 20.3 Å². The second-order valence-corrected chi connectivity index (χ2v) is 5.63. The smallest absolute Gasteiger partial charge is 0.229 e. The van der Waals surface area contributed by atoms with E-state index in [-0.39, 0.29) is 11.8 Å². The van der Waals surface area contributed by atoms with Gasteiger partial charge in [-0.1, -0.05) is 43.3 Å². The zero-order chi connectivity index (χ0) is 14.3. The summed E-state index contributed by atoms with van der Waals surface area (Å²) < 4.78 is 0. The Kier molecular flexibility index (Phi) is 3.09. The van der Waals surface area contributed by atoms with Crippen molar-refractivity contribution in [2.24, 2.45) is 5.92 Å². The van der Waals surface area contributed by atoms with Gasteiger partial charge in [0.05, 0.1) is 5.69 Å². The molecule has 1 heterocycles. The molecule has 1 amide bonds. The molecule has 0 spiro atoms. The average molecular weight is 265 g/mol. The van der Waals surface area contributed by atoms with Crippen LogP contribution >= 0.6 is 0 Å². The molecule has 2 aromatic carbocycles. The van der Waals surface area contributed by atoms with Crippen LogP contribution in [0.3, 0.4) is 0 Å². The minimum Gasteiger partial charge on any atom is -0.315 e. The Hall–Kier alpha value is -2.09.